The van der Waals surface area contributed by atoms with Gasteiger partial charge >= 0.3 is 5.97 Å². The number of hydrogen-bond donors (Lipinski definition) is 0. The molecule has 0 radical (unpaired) electrons. The van der Waals surface area contributed by atoms with Crippen molar-refractivity contribution in [3.8, 4) is 17.2 Å². The first-order valence-electron chi connectivity index (χ1n) is 14.1. The van der Waals surface area contributed by atoms with Crippen LogP contribution in [0.3, 0.4) is 0 Å². The summed E-state index contributed by atoms with van der Waals surface area (Å²) in [5, 5.41) is 9.99. The number of carbonyl (C=O) groups excluding carboxylic acids is 2. The van der Waals surface area contributed by atoms with Gasteiger partial charge in [-0.05, 0) is 84.5 Å². The molecule has 4 rings (SSSR count). The van der Waals surface area contributed by atoms with Crippen LogP contribution < -0.4 is 9.80 Å². The highest BCUT2D eigenvalue weighted by molar-refractivity contribution is 5.95. The second kappa shape index (κ2) is 13.8. The number of ether oxygens (including phenoxy) is 1. The predicted molar refractivity (Wildman–Crippen MR) is 161 cm³/mol. The minimum Gasteiger partial charge on any atom is -0.463 e. The zero-order valence-corrected chi connectivity index (χ0v) is 23.9. The molecule has 41 heavy (non-hydrogen) atoms. The highest BCUT2D eigenvalue weighted by Crippen LogP contribution is 2.31. The van der Waals surface area contributed by atoms with E-state index < -0.39 is 11.8 Å². The topological polar surface area (TPSA) is 73.6 Å². The van der Waals surface area contributed by atoms with Crippen LogP contribution in [-0.4, -0.2) is 32.6 Å². The molecule has 6 nitrogen and oxygen atoms in total. The molecule has 0 aromatic heterocycles. The lowest BCUT2D eigenvalue weighted by Gasteiger charge is -2.30. The number of rotatable bonds is 9. The summed E-state index contributed by atoms with van der Waals surface area (Å²) >= 11 is 0. The largest absolute Gasteiger partial charge is 0.463 e. The summed E-state index contributed by atoms with van der Waals surface area (Å²) in [5.74, 6) is -1.23. The van der Waals surface area contributed by atoms with E-state index in [9.17, 15) is 19.2 Å². The van der Waals surface area contributed by atoms with Crippen LogP contribution in [0.25, 0.3) is 17.2 Å². The molecule has 1 amide bonds. The van der Waals surface area contributed by atoms with Gasteiger partial charge in [-0.1, -0.05) is 43.5 Å². The molecule has 7 heteroatoms. The lowest BCUT2D eigenvalue weighted by molar-refractivity contribution is -0.137. The number of carbonyl (C=O) groups is 2. The molecule has 3 aromatic carbocycles. The van der Waals surface area contributed by atoms with Gasteiger partial charge in [-0.2, -0.15) is 5.26 Å². The van der Waals surface area contributed by atoms with Gasteiger partial charge in [0.2, 0.25) is 5.91 Å². The first-order valence-corrected chi connectivity index (χ1v) is 14.1. The number of esters is 1. The Bertz CT molecular complexity index is 1450. The van der Waals surface area contributed by atoms with Crippen molar-refractivity contribution in [2.45, 2.75) is 45.6 Å². The number of hydrogen-bond acceptors (Lipinski definition) is 5. The molecule has 0 bridgehead atoms. The highest BCUT2D eigenvalue weighted by atomic mass is 19.1. The molecule has 0 spiro atoms. The highest BCUT2D eigenvalue weighted by Gasteiger charge is 2.28. The lowest BCUT2D eigenvalue weighted by Crippen LogP contribution is -2.36. The van der Waals surface area contributed by atoms with E-state index in [1.165, 1.54) is 24.3 Å². The van der Waals surface area contributed by atoms with Crippen LogP contribution in [0.1, 0.15) is 55.7 Å². The average molecular weight is 554 g/mol. The summed E-state index contributed by atoms with van der Waals surface area (Å²) in [6, 6.07) is 20.3. The molecule has 1 saturated carbocycles. The van der Waals surface area contributed by atoms with Gasteiger partial charge < -0.3 is 14.5 Å². The van der Waals surface area contributed by atoms with Gasteiger partial charge in [-0.25, -0.2) is 9.18 Å². The van der Waals surface area contributed by atoms with Crippen molar-refractivity contribution in [2.24, 2.45) is 5.92 Å². The fourth-order valence-electron chi connectivity index (χ4n) is 5.23. The molecular formula is C34H36FN3O3. The van der Waals surface area contributed by atoms with E-state index in [0.29, 0.717) is 16.8 Å². The van der Waals surface area contributed by atoms with Crippen LogP contribution in [-0.2, 0) is 20.9 Å². The van der Waals surface area contributed by atoms with Gasteiger partial charge in [-0.3, -0.25) is 4.79 Å². The molecule has 0 unspecified atom stereocenters. The number of amides is 1. The van der Waals surface area contributed by atoms with Crippen molar-refractivity contribution >= 4 is 29.3 Å². The molecule has 212 valence electrons. The van der Waals surface area contributed by atoms with Crippen LogP contribution in [0, 0.1) is 23.1 Å². The number of nitriles is 1. The second-order valence-corrected chi connectivity index (χ2v) is 10.5. The van der Waals surface area contributed by atoms with E-state index in [-0.39, 0.29) is 25.0 Å². The number of halogens is 1. The van der Waals surface area contributed by atoms with E-state index in [0.717, 1.165) is 54.5 Å². The molecule has 1 aliphatic carbocycles. The third-order valence-electron chi connectivity index (χ3n) is 7.38. The van der Waals surface area contributed by atoms with E-state index in [1.54, 1.807) is 24.0 Å². The molecule has 0 aliphatic heterocycles. The van der Waals surface area contributed by atoms with Crippen molar-refractivity contribution < 1.29 is 18.7 Å². The normalized spacial score (nSPS) is 13.5. The standard InChI is InChI=1S/C34H36FN3O3/c1-4-41-33(39)17-11-24-19-29(35)21-31(20-24)38(34(40)27-8-6-5-7-9-27)23-25-10-16-32(28(18-25)22-36)26-12-14-30(15-13-26)37(2)3/h10-21,27H,4-9,23H2,1-3H3/b17-11+. The van der Waals surface area contributed by atoms with Crippen LogP contribution in [0.4, 0.5) is 15.8 Å². The Kier molecular flexibility index (Phi) is 9.91. The zero-order valence-electron chi connectivity index (χ0n) is 23.9. The second-order valence-electron chi connectivity index (χ2n) is 10.5. The fraction of sp³-hybridized carbons (Fsp3) is 0.324. The maximum atomic E-state index is 14.8. The summed E-state index contributed by atoms with van der Waals surface area (Å²) < 4.78 is 19.7. The van der Waals surface area contributed by atoms with Crippen LogP contribution >= 0.6 is 0 Å². The van der Waals surface area contributed by atoms with E-state index in [4.69, 9.17) is 4.74 Å². The maximum absolute atomic E-state index is 14.8. The first kappa shape index (κ1) is 29.5. The van der Waals surface area contributed by atoms with Crippen molar-refractivity contribution in [1.82, 2.24) is 0 Å². The fourth-order valence-corrected chi connectivity index (χ4v) is 5.23. The maximum Gasteiger partial charge on any atom is 0.330 e. The Morgan fingerprint density at radius 1 is 1.00 bits per heavy atom. The Hall–Kier alpha value is -4.44. The van der Waals surface area contributed by atoms with Gasteiger partial charge in [0.15, 0.2) is 0 Å². The molecular weight excluding hydrogens is 517 g/mol. The third-order valence-corrected chi connectivity index (χ3v) is 7.38. The average Bonchev–Trinajstić information content (AvgIpc) is 2.98. The molecule has 1 fully saturated rings. The summed E-state index contributed by atoms with van der Waals surface area (Å²) in [6.07, 6.45) is 7.41. The number of benzene rings is 3. The Labute approximate surface area is 241 Å². The minimum absolute atomic E-state index is 0.0579. The van der Waals surface area contributed by atoms with Gasteiger partial charge in [-0.15, -0.1) is 0 Å². The molecule has 0 heterocycles. The number of nitrogens with zero attached hydrogens (tertiary/aromatic N) is 3. The van der Waals surface area contributed by atoms with Crippen molar-refractivity contribution in [1.29, 1.82) is 5.26 Å². The molecule has 1 aliphatic rings. The van der Waals surface area contributed by atoms with Gasteiger partial charge in [0.25, 0.3) is 0 Å². The quantitative estimate of drug-likeness (QED) is 0.208. The summed E-state index contributed by atoms with van der Waals surface area (Å²) in [7, 11) is 3.95. The lowest BCUT2D eigenvalue weighted by atomic mass is 9.88. The van der Waals surface area contributed by atoms with Crippen molar-refractivity contribution in [3.63, 3.8) is 0 Å². The minimum atomic E-state index is -0.520. The monoisotopic (exact) mass is 553 g/mol. The molecule has 0 N–H and O–H groups in total. The van der Waals surface area contributed by atoms with Gasteiger partial charge in [0, 0.05) is 37.5 Å². The Morgan fingerprint density at radius 2 is 1.73 bits per heavy atom. The Balaban J connectivity index is 1.68. The summed E-state index contributed by atoms with van der Waals surface area (Å²) in [6.45, 7) is 2.15. The molecule has 0 atom stereocenters. The van der Waals surface area contributed by atoms with Crippen molar-refractivity contribution in [3.05, 3.63) is 89.2 Å². The van der Waals surface area contributed by atoms with Crippen molar-refractivity contribution in [2.75, 3.05) is 30.5 Å². The zero-order chi connectivity index (χ0) is 29.4. The first-order chi connectivity index (χ1) is 19.8. The number of anilines is 2. The molecule has 3 aromatic rings. The van der Waals surface area contributed by atoms with Crippen LogP contribution in [0.2, 0.25) is 0 Å². The van der Waals surface area contributed by atoms with Crippen LogP contribution in [0.5, 0.6) is 0 Å². The van der Waals surface area contributed by atoms with E-state index in [2.05, 4.69) is 6.07 Å². The van der Waals surface area contributed by atoms with E-state index >= 15 is 0 Å². The van der Waals surface area contributed by atoms with E-state index in [1.807, 2.05) is 55.4 Å². The predicted octanol–water partition coefficient (Wildman–Crippen LogP) is 7.12. The SMILES string of the molecule is CCOC(=O)/C=C/c1cc(F)cc(N(Cc2ccc(-c3ccc(N(C)C)cc3)c(C#N)c2)C(=O)C2CCCCC2)c1. The molecule has 0 saturated heterocycles. The van der Waals surface area contributed by atoms with Gasteiger partial charge in [0.05, 0.1) is 24.8 Å². The summed E-state index contributed by atoms with van der Waals surface area (Å²) in [5.41, 5.74) is 4.93. The summed E-state index contributed by atoms with van der Waals surface area (Å²) in [4.78, 5) is 29.3. The smallest absolute Gasteiger partial charge is 0.330 e. The third kappa shape index (κ3) is 7.61. The van der Waals surface area contributed by atoms with Crippen LogP contribution in [0.15, 0.2) is 66.7 Å². The Morgan fingerprint density at radius 3 is 2.39 bits per heavy atom. The van der Waals surface area contributed by atoms with Gasteiger partial charge in [0.1, 0.15) is 5.82 Å².